The highest BCUT2D eigenvalue weighted by Crippen LogP contribution is 2.23. The van der Waals surface area contributed by atoms with Crippen molar-refractivity contribution < 1.29 is 9.59 Å². The van der Waals surface area contributed by atoms with Gasteiger partial charge in [0.2, 0.25) is 5.91 Å². The molecular formula is C26H25N3O2. The van der Waals surface area contributed by atoms with E-state index < -0.39 is 0 Å². The molecule has 0 aliphatic heterocycles. The molecule has 0 fully saturated rings. The van der Waals surface area contributed by atoms with Crippen LogP contribution in [0.2, 0.25) is 0 Å². The molecule has 0 radical (unpaired) electrons. The standard InChI is InChI=1S/C26H25N3O2/c1-17(28-25(30)16-23-18(2)27-24-14-7-6-13-22(23)24)20-11-8-12-21(15-20)29-26(31)19-9-4-3-5-10-19/h3-15,17,27H,16H2,1-2H3,(H,28,30)(H,29,31)/t17-/m0/s1. The van der Waals surface area contributed by atoms with Crippen molar-refractivity contribution >= 4 is 28.4 Å². The lowest BCUT2D eigenvalue weighted by atomic mass is 10.1. The maximum atomic E-state index is 12.7. The number of aryl methyl sites for hydroxylation is 1. The predicted molar refractivity (Wildman–Crippen MR) is 124 cm³/mol. The Morgan fingerprint density at radius 2 is 1.68 bits per heavy atom. The Morgan fingerprint density at radius 1 is 0.935 bits per heavy atom. The molecule has 0 saturated heterocycles. The number of benzene rings is 3. The Bertz CT molecular complexity index is 1230. The Morgan fingerprint density at radius 3 is 2.48 bits per heavy atom. The van der Waals surface area contributed by atoms with E-state index in [9.17, 15) is 9.59 Å². The number of para-hydroxylation sites is 1. The number of hydrogen-bond acceptors (Lipinski definition) is 2. The minimum atomic E-state index is -0.188. The third-order valence-corrected chi connectivity index (χ3v) is 5.42. The fraction of sp³-hybridized carbons (Fsp3) is 0.154. The van der Waals surface area contributed by atoms with Crippen molar-refractivity contribution in [2.24, 2.45) is 0 Å². The van der Waals surface area contributed by atoms with Crippen LogP contribution >= 0.6 is 0 Å². The first kappa shape index (κ1) is 20.4. The van der Waals surface area contributed by atoms with Gasteiger partial charge in [-0.3, -0.25) is 9.59 Å². The number of rotatable bonds is 6. The van der Waals surface area contributed by atoms with Gasteiger partial charge in [-0.25, -0.2) is 0 Å². The second-order valence-electron chi connectivity index (χ2n) is 7.69. The summed E-state index contributed by atoms with van der Waals surface area (Å²) in [5, 5.41) is 7.07. The van der Waals surface area contributed by atoms with Crippen molar-refractivity contribution in [3.05, 3.63) is 101 Å². The zero-order valence-electron chi connectivity index (χ0n) is 17.6. The second-order valence-corrected chi connectivity index (χ2v) is 7.69. The van der Waals surface area contributed by atoms with Gasteiger partial charge >= 0.3 is 0 Å². The first-order chi connectivity index (χ1) is 15.0. The summed E-state index contributed by atoms with van der Waals surface area (Å²) < 4.78 is 0. The van der Waals surface area contributed by atoms with E-state index in [0.717, 1.165) is 27.7 Å². The summed E-state index contributed by atoms with van der Waals surface area (Å²) in [6, 6.07) is 24.5. The van der Waals surface area contributed by atoms with Crippen LogP contribution < -0.4 is 10.6 Å². The molecule has 31 heavy (non-hydrogen) atoms. The molecule has 2 amide bonds. The minimum Gasteiger partial charge on any atom is -0.358 e. The molecule has 4 rings (SSSR count). The Balaban J connectivity index is 1.43. The second kappa shape index (κ2) is 8.88. The van der Waals surface area contributed by atoms with Crippen LogP contribution in [0.1, 0.15) is 40.1 Å². The quantitative estimate of drug-likeness (QED) is 0.411. The molecule has 0 spiro atoms. The van der Waals surface area contributed by atoms with E-state index in [-0.39, 0.29) is 17.9 Å². The number of amides is 2. The summed E-state index contributed by atoms with van der Waals surface area (Å²) in [6.07, 6.45) is 0.310. The van der Waals surface area contributed by atoms with Crippen LogP contribution in [0.15, 0.2) is 78.9 Å². The lowest BCUT2D eigenvalue weighted by Gasteiger charge is -2.16. The van der Waals surface area contributed by atoms with Crippen molar-refractivity contribution in [1.82, 2.24) is 10.3 Å². The average Bonchev–Trinajstić information content (AvgIpc) is 3.09. The van der Waals surface area contributed by atoms with E-state index >= 15 is 0 Å². The van der Waals surface area contributed by atoms with E-state index in [2.05, 4.69) is 15.6 Å². The lowest BCUT2D eigenvalue weighted by molar-refractivity contribution is -0.121. The van der Waals surface area contributed by atoms with Crippen LogP contribution in [0, 0.1) is 6.92 Å². The monoisotopic (exact) mass is 411 g/mol. The predicted octanol–water partition coefficient (Wildman–Crippen LogP) is 5.15. The zero-order valence-corrected chi connectivity index (χ0v) is 17.6. The van der Waals surface area contributed by atoms with Crippen LogP contribution in [0.25, 0.3) is 10.9 Å². The van der Waals surface area contributed by atoms with Gasteiger partial charge in [-0.2, -0.15) is 0 Å². The number of carbonyl (C=O) groups is 2. The molecule has 3 N–H and O–H groups in total. The van der Waals surface area contributed by atoms with E-state index in [1.54, 1.807) is 12.1 Å². The van der Waals surface area contributed by atoms with E-state index in [1.807, 2.05) is 80.6 Å². The van der Waals surface area contributed by atoms with Crippen molar-refractivity contribution in [3.8, 4) is 0 Å². The number of nitrogens with one attached hydrogen (secondary N) is 3. The number of fused-ring (bicyclic) bond motifs is 1. The highest BCUT2D eigenvalue weighted by atomic mass is 16.2. The number of aromatic amines is 1. The van der Waals surface area contributed by atoms with E-state index in [0.29, 0.717) is 17.7 Å². The van der Waals surface area contributed by atoms with Gasteiger partial charge in [-0.15, -0.1) is 0 Å². The third-order valence-electron chi connectivity index (χ3n) is 5.42. The van der Waals surface area contributed by atoms with Crippen LogP contribution in [0.3, 0.4) is 0 Å². The average molecular weight is 412 g/mol. The number of aromatic nitrogens is 1. The van der Waals surface area contributed by atoms with Gasteiger partial charge in [0.25, 0.3) is 5.91 Å². The molecule has 0 saturated carbocycles. The van der Waals surface area contributed by atoms with Crippen molar-refractivity contribution in [2.75, 3.05) is 5.32 Å². The third kappa shape index (κ3) is 4.67. The molecule has 156 valence electrons. The molecule has 0 aliphatic carbocycles. The Kier molecular flexibility index (Phi) is 5.85. The van der Waals surface area contributed by atoms with Gasteiger partial charge in [-0.05, 0) is 55.3 Å². The van der Waals surface area contributed by atoms with Crippen molar-refractivity contribution in [3.63, 3.8) is 0 Å². The fourth-order valence-electron chi connectivity index (χ4n) is 3.78. The molecule has 1 heterocycles. The largest absolute Gasteiger partial charge is 0.358 e. The molecule has 0 bridgehead atoms. The van der Waals surface area contributed by atoms with E-state index in [1.165, 1.54) is 0 Å². The summed E-state index contributed by atoms with van der Waals surface area (Å²) in [5.74, 6) is -0.205. The van der Waals surface area contributed by atoms with Gasteiger partial charge < -0.3 is 15.6 Å². The molecule has 1 aromatic heterocycles. The van der Waals surface area contributed by atoms with Gasteiger partial charge in [0.05, 0.1) is 12.5 Å². The van der Waals surface area contributed by atoms with Gasteiger partial charge in [0.15, 0.2) is 0 Å². The molecule has 4 aromatic rings. The topological polar surface area (TPSA) is 74.0 Å². The minimum absolute atomic E-state index is 0.0425. The summed E-state index contributed by atoms with van der Waals surface area (Å²) >= 11 is 0. The zero-order chi connectivity index (χ0) is 21.8. The summed E-state index contributed by atoms with van der Waals surface area (Å²) in [5.41, 5.74) is 5.29. The highest BCUT2D eigenvalue weighted by molar-refractivity contribution is 6.04. The molecule has 5 nitrogen and oxygen atoms in total. The van der Waals surface area contributed by atoms with Gasteiger partial charge in [0, 0.05) is 27.8 Å². The number of carbonyl (C=O) groups excluding carboxylic acids is 2. The van der Waals surface area contributed by atoms with Crippen molar-refractivity contribution in [2.45, 2.75) is 26.3 Å². The van der Waals surface area contributed by atoms with Gasteiger partial charge in [0.1, 0.15) is 0 Å². The van der Waals surface area contributed by atoms with Crippen LogP contribution in [0.5, 0.6) is 0 Å². The van der Waals surface area contributed by atoms with Crippen LogP contribution in [0.4, 0.5) is 5.69 Å². The number of H-pyrrole nitrogens is 1. The molecule has 1 atom stereocenters. The number of anilines is 1. The highest BCUT2D eigenvalue weighted by Gasteiger charge is 2.15. The maximum absolute atomic E-state index is 12.7. The summed E-state index contributed by atoms with van der Waals surface area (Å²) in [4.78, 5) is 28.5. The molecular weight excluding hydrogens is 386 g/mol. The maximum Gasteiger partial charge on any atom is 0.255 e. The van der Waals surface area contributed by atoms with Gasteiger partial charge in [-0.1, -0.05) is 48.5 Å². The van der Waals surface area contributed by atoms with Crippen LogP contribution in [-0.2, 0) is 11.2 Å². The smallest absolute Gasteiger partial charge is 0.255 e. The first-order valence-corrected chi connectivity index (χ1v) is 10.3. The molecule has 0 aliphatic rings. The number of hydrogen-bond donors (Lipinski definition) is 3. The Labute approximate surface area is 181 Å². The first-order valence-electron chi connectivity index (χ1n) is 10.3. The Hall–Kier alpha value is -3.86. The normalized spacial score (nSPS) is 11.8. The lowest BCUT2D eigenvalue weighted by Crippen LogP contribution is -2.28. The summed E-state index contributed by atoms with van der Waals surface area (Å²) in [6.45, 7) is 3.93. The SMILES string of the molecule is Cc1[nH]c2ccccc2c1CC(=O)N[C@@H](C)c1cccc(NC(=O)c2ccccc2)c1. The fourth-order valence-corrected chi connectivity index (χ4v) is 3.78. The van der Waals surface area contributed by atoms with E-state index in [4.69, 9.17) is 0 Å². The summed E-state index contributed by atoms with van der Waals surface area (Å²) in [7, 11) is 0. The van der Waals surface area contributed by atoms with Crippen molar-refractivity contribution in [1.29, 1.82) is 0 Å². The van der Waals surface area contributed by atoms with Crippen LogP contribution in [-0.4, -0.2) is 16.8 Å². The molecule has 3 aromatic carbocycles. The molecule has 0 unspecified atom stereocenters. The molecule has 5 heteroatoms.